The Kier molecular flexibility index (Phi) is 5.48. The minimum atomic E-state index is -1.36. The Balaban J connectivity index is 2.30. The van der Waals surface area contributed by atoms with Crippen LogP contribution in [0.4, 0.5) is 0 Å². The number of aliphatic hydroxyl groups is 3. The molecule has 0 amide bonds. The van der Waals surface area contributed by atoms with E-state index in [0.29, 0.717) is 0 Å². The minimum Gasteiger partial charge on any atom is -0.481 e. The number of hydrogen-bond donors (Lipinski definition) is 4. The first-order chi connectivity index (χ1) is 8.41. The van der Waals surface area contributed by atoms with E-state index >= 15 is 0 Å². The maximum absolute atomic E-state index is 11.1. The van der Waals surface area contributed by atoms with Gasteiger partial charge in [0.2, 0.25) is 0 Å². The first kappa shape index (κ1) is 14.8. The Morgan fingerprint density at radius 1 is 1.17 bits per heavy atom. The third-order valence-electron chi connectivity index (χ3n) is 2.56. The highest BCUT2D eigenvalue weighted by Gasteiger charge is 2.38. The van der Waals surface area contributed by atoms with Gasteiger partial charge in [0.1, 0.15) is 31.0 Å². The van der Waals surface area contributed by atoms with Crippen molar-refractivity contribution in [2.75, 3.05) is 13.2 Å². The zero-order valence-electron chi connectivity index (χ0n) is 9.56. The second-order valence-corrected chi connectivity index (χ2v) is 4.00. The van der Waals surface area contributed by atoms with E-state index in [2.05, 4.69) is 0 Å². The molecule has 18 heavy (non-hydrogen) atoms. The van der Waals surface area contributed by atoms with Crippen LogP contribution in [0.1, 0.15) is 12.8 Å². The molecule has 4 N–H and O–H groups in total. The number of carboxylic acids is 1. The summed E-state index contributed by atoms with van der Waals surface area (Å²) in [5.41, 5.74) is 0. The summed E-state index contributed by atoms with van der Waals surface area (Å²) in [6, 6.07) is 0. The molecule has 0 saturated carbocycles. The smallest absolute Gasteiger partial charge is 0.306 e. The summed E-state index contributed by atoms with van der Waals surface area (Å²) in [6.07, 6.45) is -5.45. The second kappa shape index (κ2) is 6.64. The van der Waals surface area contributed by atoms with Gasteiger partial charge in [0.05, 0.1) is 19.4 Å². The largest absolute Gasteiger partial charge is 0.481 e. The van der Waals surface area contributed by atoms with E-state index in [1.165, 1.54) is 0 Å². The molecule has 8 heteroatoms. The molecule has 1 aliphatic heterocycles. The molecule has 0 aliphatic carbocycles. The van der Waals surface area contributed by atoms with E-state index in [9.17, 15) is 24.9 Å². The Hall–Kier alpha value is -1.22. The first-order valence-corrected chi connectivity index (χ1v) is 5.45. The van der Waals surface area contributed by atoms with Crippen molar-refractivity contribution in [1.29, 1.82) is 0 Å². The zero-order valence-corrected chi connectivity index (χ0v) is 9.56. The number of esters is 1. The predicted octanol–water partition coefficient (Wildman–Crippen LogP) is -2.12. The molecule has 0 radical (unpaired) electrons. The molecule has 0 unspecified atom stereocenters. The van der Waals surface area contributed by atoms with Gasteiger partial charge in [0, 0.05) is 0 Å². The molecular weight excluding hydrogens is 248 g/mol. The highest BCUT2D eigenvalue weighted by molar-refractivity contribution is 5.76. The third-order valence-corrected chi connectivity index (χ3v) is 2.56. The van der Waals surface area contributed by atoms with Crippen LogP contribution >= 0.6 is 0 Å². The number of aliphatic carboxylic acids is 1. The van der Waals surface area contributed by atoms with E-state index in [0.717, 1.165) is 0 Å². The fraction of sp³-hybridized carbons (Fsp3) is 0.800. The van der Waals surface area contributed by atoms with Gasteiger partial charge in [-0.15, -0.1) is 0 Å². The molecule has 8 nitrogen and oxygen atoms in total. The second-order valence-electron chi connectivity index (χ2n) is 4.00. The summed E-state index contributed by atoms with van der Waals surface area (Å²) in [4.78, 5) is 21.3. The van der Waals surface area contributed by atoms with Crippen LogP contribution in [0.25, 0.3) is 0 Å². The summed E-state index contributed by atoms with van der Waals surface area (Å²) in [5, 5.41) is 36.4. The van der Waals surface area contributed by atoms with Crippen LogP contribution in [0.2, 0.25) is 0 Å². The van der Waals surface area contributed by atoms with Crippen molar-refractivity contribution in [3.63, 3.8) is 0 Å². The van der Waals surface area contributed by atoms with Crippen LogP contribution < -0.4 is 0 Å². The zero-order chi connectivity index (χ0) is 13.7. The molecule has 1 heterocycles. The third kappa shape index (κ3) is 4.22. The first-order valence-electron chi connectivity index (χ1n) is 5.45. The van der Waals surface area contributed by atoms with Gasteiger partial charge in [0.25, 0.3) is 0 Å². The van der Waals surface area contributed by atoms with Gasteiger partial charge in [-0.25, -0.2) is 0 Å². The molecule has 0 aromatic rings. The van der Waals surface area contributed by atoms with Crippen LogP contribution in [0.5, 0.6) is 0 Å². The predicted molar refractivity (Wildman–Crippen MR) is 55.6 cm³/mol. The Morgan fingerprint density at radius 2 is 1.83 bits per heavy atom. The molecule has 1 rings (SSSR count). The van der Waals surface area contributed by atoms with Gasteiger partial charge < -0.3 is 29.9 Å². The van der Waals surface area contributed by atoms with Crippen molar-refractivity contribution in [1.82, 2.24) is 0 Å². The van der Waals surface area contributed by atoms with Gasteiger partial charge in [-0.2, -0.15) is 0 Å². The molecule has 1 fully saturated rings. The Labute approximate surface area is 103 Å². The minimum absolute atomic E-state index is 0.171. The molecule has 0 aromatic carbocycles. The van der Waals surface area contributed by atoms with Crippen molar-refractivity contribution >= 4 is 11.9 Å². The Bertz CT molecular complexity index is 304. The lowest BCUT2D eigenvalue weighted by atomic mass is 10.0. The monoisotopic (exact) mass is 264 g/mol. The lowest BCUT2D eigenvalue weighted by Gasteiger charge is -2.34. The number of hydrogen-bond acceptors (Lipinski definition) is 7. The summed E-state index contributed by atoms with van der Waals surface area (Å²) >= 11 is 0. The highest BCUT2D eigenvalue weighted by Crippen LogP contribution is 2.16. The van der Waals surface area contributed by atoms with E-state index in [1.807, 2.05) is 0 Å². The van der Waals surface area contributed by atoms with Gasteiger partial charge in [-0.3, -0.25) is 9.59 Å². The number of aliphatic hydroxyl groups excluding tert-OH is 3. The molecule has 104 valence electrons. The average molecular weight is 264 g/mol. The summed E-state index contributed by atoms with van der Waals surface area (Å²) < 4.78 is 9.70. The van der Waals surface area contributed by atoms with Crippen molar-refractivity contribution in [3.05, 3.63) is 0 Å². The maximum Gasteiger partial charge on any atom is 0.306 e. The number of carbonyl (C=O) groups excluding carboxylic acids is 1. The van der Waals surface area contributed by atoms with Gasteiger partial charge in [-0.1, -0.05) is 0 Å². The van der Waals surface area contributed by atoms with Crippen molar-refractivity contribution in [2.24, 2.45) is 0 Å². The van der Waals surface area contributed by atoms with Crippen molar-refractivity contribution in [2.45, 2.75) is 37.3 Å². The summed E-state index contributed by atoms with van der Waals surface area (Å²) in [6.45, 7) is -0.473. The van der Waals surface area contributed by atoms with E-state index in [-0.39, 0.29) is 26.1 Å². The molecule has 0 spiro atoms. The number of carboxylic acid groups (broad SMARTS) is 1. The highest BCUT2D eigenvalue weighted by atomic mass is 16.6. The van der Waals surface area contributed by atoms with Gasteiger partial charge in [0.15, 0.2) is 0 Å². The molecule has 1 aliphatic rings. The maximum atomic E-state index is 11.1. The Morgan fingerprint density at radius 3 is 2.44 bits per heavy atom. The number of rotatable bonds is 5. The average Bonchev–Trinajstić information content (AvgIpc) is 2.32. The van der Waals surface area contributed by atoms with E-state index < -0.39 is 36.4 Å². The van der Waals surface area contributed by atoms with E-state index in [4.69, 9.17) is 14.6 Å². The van der Waals surface area contributed by atoms with Gasteiger partial charge in [-0.05, 0) is 0 Å². The molecule has 4 atom stereocenters. The fourth-order valence-electron chi connectivity index (χ4n) is 1.47. The van der Waals surface area contributed by atoms with Crippen molar-refractivity contribution < 1.29 is 39.5 Å². The van der Waals surface area contributed by atoms with Crippen LogP contribution in [0, 0.1) is 0 Å². The molecule has 0 bridgehead atoms. The van der Waals surface area contributed by atoms with E-state index in [1.54, 1.807) is 0 Å². The summed E-state index contributed by atoms with van der Waals surface area (Å²) in [7, 11) is 0. The lowest BCUT2D eigenvalue weighted by molar-refractivity contribution is -0.201. The van der Waals surface area contributed by atoms with Crippen molar-refractivity contribution in [3.8, 4) is 0 Å². The summed E-state index contributed by atoms with van der Waals surface area (Å²) in [5.74, 6) is -1.84. The van der Waals surface area contributed by atoms with Crippen LogP contribution in [-0.4, -0.2) is 70.0 Å². The van der Waals surface area contributed by atoms with Gasteiger partial charge >= 0.3 is 11.9 Å². The van der Waals surface area contributed by atoms with Crippen LogP contribution in [-0.2, 0) is 19.1 Å². The standard InChI is InChI=1S/C10H16O8/c11-5-3-17-6(10(16)9(5)15)4-18-8(14)2-1-7(12)13/h5-6,9-11,15-16H,1-4H2,(H,12,13)/t5-,6+,9+,10+/m0/s1. The van der Waals surface area contributed by atoms with Crippen LogP contribution in [0.15, 0.2) is 0 Å². The number of ether oxygens (including phenoxy) is 2. The quantitative estimate of drug-likeness (QED) is 0.414. The lowest BCUT2D eigenvalue weighted by Crippen LogP contribution is -2.54. The SMILES string of the molecule is O=C(O)CCC(=O)OC[C@H]1OC[C@H](O)[C@@H](O)[C@@H]1O. The topological polar surface area (TPSA) is 134 Å². The van der Waals surface area contributed by atoms with Crippen LogP contribution in [0.3, 0.4) is 0 Å². The molecule has 0 aromatic heterocycles. The fourth-order valence-corrected chi connectivity index (χ4v) is 1.47. The normalized spacial score (nSPS) is 31.9. The molecular formula is C10H16O8. The molecule has 1 saturated heterocycles. The number of carbonyl (C=O) groups is 2.